The molecule has 2 aliphatic rings. The summed E-state index contributed by atoms with van der Waals surface area (Å²) < 4.78 is 0. The molecular formula is C10H10N3V+3. The van der Waals surface area contributed by atoms with Crippen LogP contribution in [0.1, 0.15) is 0 Å². The summed E-state index contributed by atoms with van der Waals surface area (Å²) in [5.74, 6) is 0. The molecule has 0 spiro atoms. The zero-order valence-electron chi connectivity index (χ0n) is 7.56. The summed E-state index contributed by atoms with van der Waals surface area (Å²) >= 11 is 0. The summed E-state index contributed by atoms with van der Waals surface area (Å²) in [6.45, 7) is 0. The molecule has 0 heterocycles. The van der Waals surface area contributed by atoms with Crippen LogP contribution in [-0.4, -0.2) is 0 Å². The Hall–Kier alpha value is -0.106. The fraction of sp³-hybridized carbons (Fsp3) is 0. The van der Waals surface area contributed by atoms with Gasteiger partial charge in [0.05, 0.1) is 0 Å². The van der Waals surface area contributed by atoms with Gasteiger partial charge in [-0.25, -0.2) is 0 Å². The second kappa shape index (κ2) is 15.4. The first-order valence-corrected chi connectivity index (χ1v) is 3.73. The van der Waals surface area contributed by atoms with Crippen molar-refractivity contribution in [2.75, 3.05) is 0 Å². The van der Waals surface area contributed by atoms with Gasteiger partial charge in [0.1, 0.15) is 0 Å². The van der Waals surface area contributed by atoms with Crippen molar-refractivity contribution in [2.24, 2.45) is 0 Å². The quantitative estimate of drug-likeness (QED) is 0.344. The molecule has 0 saturated heterocycles. The molecule has 4 heteroatoms. The van der Waals surface area contributed by atoms with E-state index < -0.39 is 0 Å². The van der Waals surface area contributed by atoms with Gasteiger partial charge in [0, 0.05) is 0 Å². The van der Waals surface area contributed by atoms with E-state index in [1.54, 1.807) is 0 Å². The zero-order chi connectivity index (χ0) is 9.78. The van der Waals surface area contributed by atoms with Gasteiger partial charge in [0.2, 0.25) is 0 Å². The maximum absolute atomic E-state index is 6.75. The first kappa shape index (κ1) is 16.3. The predicted octanol–water partition coefficient (Wildman–Crippen LogP) is 2.91. The molecule has 2 rings (SSSR count). The van der Waals surface area contributed by atoms with Gasteiger partial charge in [0.15, 0.2) is 0 Å². The van der Waals surface area contributed by atoms with Crippen LogP contribution in [0.4, 0.5) is 0 Å². The van der Waals surface area contributed by atoms with Crippen LogP contribution in [0.5, 0.6) is 0 Å². The van der Waals surface area contributed by atoms with Crippen molar-refractivity contribution in [1.82, 2.24) is 0 Å². The minimum Gasteiger partial charge on any atom is -0.373 e. The van der Waals surface area contributed by atoms with E-state index >= 15 is 0 Å². The fourth-order valence-corrected chi connectivity index (χ4v) is 0.642. The molecule has 67 valence electrons. The molecule has 0 atom stereocenters. The van der Waals surface area contributed by atoms with Crippen LogP contribution < -0.4 is 0 Å². The minimum atomic E-state index is 0. The molecule has 3 nitrogen and oxygen atoms in total. The molecule has 0 aliphatic heterocycles. The van der Waals surface area contributed by atoms with Crippen LogP contribution in [0.25, 0.3) is 16.0 Å². The molecule has 2 aliphatic carbocycles. The van der Waals surface area contributed by atoms with E-state index in [1.807, 2.05) is 64.2 Å². The monoisotopic (exact) mass is 223 g/mol. The Morgan fingerprint density at radius 2 is 0.571 bits per heavy atom. The number of nitrogens with zero attached hydrogens (tertiary/aromatic N) is 3. The summed E-state index contributed by atoms with van der Waals surface area (Å²) in [6.07, 6.45) is 20.0. The van der Waals surface area contributed by atoms with Gasteiger partial charge in [-0.05, 0) is 64.2 Å². The number of hydrogen-bond donors (Lipinski definition) is 0. The Morgan fingerprint density at radius 3 is 0.643 bits per heavy atom. The third kappa shape index (κ3) is 14.4. The van der Waals surface area contributed by atoms with Crippen LogP contribution in [0.15, 0.2) is 0 Å². The summed E-state index contributed by atoms with van der Waals surface area (Å²) in [6, 6.07) is 0. The summed E-state index contributed by atoms with van der Waals surface area (Å²) in [7, 11) is 0. The molecule has 14 heavy (non-hydrogen) atoms. The SMILES string of the molecule is [CH]1[CH][CH][CH][CH]1.[CH]1[CH][CH][CH][CH]1.[N-]=[N+]=[N-].[V+4]. The van der Waals surface area contributed by atoms with Crippen molar-refractivity contribution in [3.8, 4) is 0 Å². The normalized spacial score (nSPS) is 17.7. The van der Waals surface area contributed by atoms with Crippen molar-refractivity contribution >= 4 is 0 Å². The Morgan fingerprint density at radius 1 is 0.500 bits per heavy atom. The van der Waals surface area contributed by atoms with Gasteiger partial charge in [-0.15, -0.1) is 0 Å². The van der Waals surface area contributed by atoms with Gasteiger partial charge >= 0.3 is 18.6 Å². The van der Waals surface area contributed by atoms with Gasteiger partial charge in [-0.1, -0.05) is 0 Å². The molecule has 0 aromatic carbocycles. The average molecular weight is 223 g/mol. The van der Waals surface area contributed by atoms with E-state index in [1.165, 1.54) is 4.91 Å². The Bertz CT molecular complexity index is 100. The maximum atomic E-state index is 6.75. The van der Waals surface area contributed by atoms with E-state index in [-0.39, 0.29) is 18.6 Å². The van der Waals surface area contributed by atoms with E-state index in [4.69, 9.17) is 11.1 Å². The van der Waals surface area contributed by atoms with Crippen molar-refractivity contribution in [3.05, 3.63) is 80.2 Å². The van der Waals surface area contributed by atoms with Crippen molar-refractivity contribution < 1.29 is 18.6 Å². The topological polar surface area (TPSA) is 58.7 Å². The van der Waals surface area contributed by atoms with Crippen molar-refractivity contribution in [1.29, 1.82) is 0 Å². The average Bonchev–Trinajstić information content (AvgIpc) is 2.85. The van der Waals surface area contributed by atoms with Gasteiger partial charge in [-0.2, -0.15) is 0 Å². The number of rotatable bonds is 0. The van der Waals surface area contributed by atoms with Crippen LogP contribution in [-0.2, 0) is 18.6 Å². The molecule has 11 radical (unpaired) electrons. The largest absolute Gasteiger partial charge is 4.00 e. The third-order valence-electron chi connectivity index (χ3n) is 1.11. The molecule has 0 bridgehead atoms. The predicted molar refractivity (Wildman–Crippen MR) is 53.1 cm³/mol. The molecular weight excluding hydrogens is 213 g/mol. The number of hydrogen-bond acceptors (Lipinski definition) is 0. The molecule has 0 aromatic rings. The van der Waals surface area contributed by atoms with Crippen LogP contribution in [0.3, 0.4) is 0 Å². The molecule has 0 unspecified atom stereocenters. The molecule has 2 fully saturated rings. The minimum absolute atomic E-state index is 0. The van der Waals surface area contributed by atoms with E-state index in [0.29, 0.717) is 0 Å². The van der Waals surface area contributed by atoms with Gasteiger partial charge in [-0.3, -0.25) is 4.91 Å². The standard InChI is InChI=1S/2C5H5.N3.V/c2*1-2-4-5-3-1;1-3-2;/h2*1-5H;;/q;;-1;+4. The Balaban J connectivity index is 0. The molecule has 0 aromatic heterocycles. The fourth-order valence-electron chi connectivity index (χ4n) is 0.642. The summed E-state index contributed by atoms with van der Waals surface area (Å²) in [5.41, 5.74) is 13.5. The van der Waals surface area contributed by atoms with Gasteiger partial charge in [0.25, 0.3) is 0 Å². The first-order chi connectivity index (χ1) is 6.41. The second-order valence-corrected chi connectivity index (χ2v) is 2.01. The van der Waals surface area contributed by atoms with E-state index in [9.17, 15) is 0 Å². The van der Waals surface area contributed by atoms with Crippen LogP contribution in [0, 0.1) is 64.2 Å². The molecule has 2 saturated carbocycles. The van der Waals surface area contributed by atoms with Crippen molar-refractivity contribution in [2.45, 2.75) is 0 Å². The van der Waals surface area contributed by atoms with E-state index in [0.717, 1.165) is 0 Å². The Labute approximate surface area is 99.0 Å². The smallest absolute Gasteiger partial charge is 0.373 e. The van der Waals surface area contributed by atoms with Crippen LogP contribution in [0.2, 0.25) is 0 Å². The second-order valence-electron chi connectivity index (χ2n) is 2.01. The van der Waals surface area contributed by atoms with Crippen molar-refractivity contribution in [3.63, 3.8) is 0 Å². The summed E-state index contributed by atoms with van der Waals surface area (Å²) in [5, 5.41) is 0. The molecule has 0 N–H and O–H groups in total. The third-order valence-corrected chi connectivity index (χ3v) is 1.11. The molecule has 0 amide bonds. The Kier molecular flexibility index (Phi) is 17.9. The van der Waals surface area contributed by atoms with Gasteiger partial charge < -0.3 is 11.1 Å². The zero-order valence-corrected chi connectivity index (χ0v) is 8.96. The first-order valence-electron chi connectivity index (χ1n) is 3.73. The summed E-state index contributed by atoms with van der Waals surface area (Å²) in [4.78, 5) is 1.50. The van der Waals surface area contributed by atoms with Crippen LogP contribution >= 0.6 is 0 Å². The van der Waals surface area contributed by atoms with E-state index in [2.05, 4.69) is 0 Å². The maximum Gasteiger partial charge on any atom is 4.00 e.